The molecule has 142 valence electrons. The van der Waals surface area contributed by atoms with Gasteiger partial charge in [-0.25, -0.2) is 0 Å². The van der Waals surface area contributed by atoms with Crippen LogP contribution < -0.4 is 15.8 Å². The fourth-order valence-electron chi connectivity index (χ4n) is 2.58. The van der Waals surface area contributed by atoms with E-state index in [4.69, 9.17) is 10.5 Å². The van der Waals surface area contributed by atoms with Crippen LogP contribution in [0.25, 0.3) is 0 Å². The van der Waals surface area contributed by atoms with E-state index >= 15 is 0 Å². The molecule has 0 aliphatic carbocycles. The van der Waals surface area contributed by atoms with E-state index in [-0.39, 0.29) is 17.5 Å². The number of hydrogen-bond acceptors (Lipinski definition) is 6. The van der Waals surface area contributed by atoms with E-state index < -0.39 is 0 Å². The Hall–Kier alpha value is -3.30. The van der Waals surface area contributed by atoms with E-state index in [0.29, 0.717) is 26.8 Å². The maximum absolute atomic E-state index is 12.9. The van der Waals surface area contributed by atoms with Gasteiger partial charge in [0.15, 0.2) is 0 Å². The van der Waals surface area contributed by atoms with Crippen LogP contribution in [0, 0.1) is 11.3 Å². The number of thiophene rings is 1. The number of nitriles is 1. The molecule has 0 aliphatic heterocycles. The second-order valence-corrected chi connectivity index (χ2v) is 7.40. The highest BCUT2D eigenvalue weighted by molar-refractivity contribution is 7.19. The van der Waals surface area contributed by atoms with E-state index in [1.807, 2.05) is 44.2 Å². The van der Waals surface area contributed by atoms with Crippen LogP contribution in [0.5, 0.6) is 11.5 Å². The maximum atomic E-state index is 12.9. The van der Waals surface area contributed by atoms with Crippen LogP contribution in [0.15, 0.2) is 54.6 Å². The predicted molar refractivity (Wildman–Crippen MR) is 113 cm³/mol. The van der Waals surface area contributed by atoms with Crippen LogP contribution in [0.2, 0.25) is 0 Å². The van der Waals surface area contributed by atoms with Gasteiger partial charge in [-0.1, -0.05) is 25.1 Å². The molecule has 0 bridgehead atoms. The lowest BCUT2D eigenvalue weighted by Gasteiger charge is -2.10. The second-order valence-electron chi connectivity index (χ2n) is 6.38. The number of nitrogens with zero attached hydrogens (tertiary/aromatic N) is 1. The fraction of sp³-hybridized carbons (Fsp3) is 0.182. The fourth-order valence-corrected chi connectivity index (χ4v) is 3.73. The zero-order valence-electron chi connectivity index (χ0n) is 15.7. The Labute approximate surface area is 168 Å². The minimum atomic E-state index is -0.206. The van der Waals surface area contributed by atoms with Gasteiger partial charge in [0.1, 0.15) is 33.0 Å². The van der Waals surface area contributed by atoms with Crippen molar-refractivity contribution in [1.82, 2.24) is 0 Å². The summed E-state index contributed by atoms with van der Waals surface area (Å²) in [6.45, 7) is 4.07. The minimum Gasteiger partial charge on any atom is -0.457 e. The Morgan fingerprint density at radius 1 is 1.18 bits per heavy atom. The zero-order chi connectivity index (χ0) is 20.1. The number of benzene rings is 2. The quantitative estimate of drug-likeness (QED) is 0.524. The lowest BCUT2D eigenvalue weighted by atomic mass is 10.1. The van der Waals surface area contributed by atoms with Crippen molar-refractivity contribution in [2.24, 2.45) is 0 Å². The standard InChI is InChI=1S/C22H21N3O2S/c1-3-14(2)25-22-18(13-23)19(24)21(28-22)20(26)15-9-11-17(12-10-15)27-16-7-5-4-6-8-16/h4-12,14,25H,3,24H2,1-2H3. The molecular weight excluding hydrogens is 370 g/mol. The number of rotatable bonds is 7. The Kier molecular flexibility index (Phi) is 5.97. The van der Waals surface area contributed by atoms with Gasteiger partial charge in [-0.2, -0.15) is 5.26 Å². The largest absolute Gasteiger partial charge is 0.457 e. The maximum Gasteiger partial charge on any atom is 0.205 e. The van der Waals surface area contributed by atoms with Gasteiger partial charge in [0.2, 0.25) is 5.78 Å². The highest BCUT2D eigenvalue weighted by atomic mass is 32.1. The predicted octanol–water partition coefficient (Wildman–Crippen LogP) is 5.44. The van der Waals surface area contributed by atoms with Crippen LogP contribution in [-0.2, 0) is 0 Å². The summed E-state index contributed by atoms with van der Waals surface area (Å²) >= 11 is 1.22. The third-order valence-corrected chi connectivity index (χ3v) is 5.48. The van der Waals surface area contributed by atoms with Gasteiger partial charge >= 0.3 is 0 Å². The molecule has 5 nitrogen and oxygen atoms in total. The average molecular weight is 391 g/mol. The van der Waals surface area contributed by atoms with Gasteiger partial charge in [0.25, 0.3) is 0 Å². The Morgan fingerprint density at radius 3 is 2.43 bits per heavy atom. The summed E-state index contributed by atoms with van der Waals surface area (Å²) in [7, 11) is 0. The molecule has 0 aliphatic rings. The molecule has 0 spiro atoms. The Morgan fingerprint density at radius 2 is 1.82 bits per heavy atom. The van der Waals surface area contributed by atoms with Crippen molar-refractivity contribution in [2.45, 2.75) is 26.3 Å². The van der Waals surface area contributed by atoms with E-state index in [1.54, 1.807) is 24.3 Å². The van der Waals surface area contributed by atoms with E-state index in [1.165, 1.54) is 11.3 Å². The molecule has 1 aromatic heterocycles. The molecule has 1 heterocycles. The summed E-state index contributed by atoms with van der Waals surface area (Å²) in [5.74, 6) is 1.16. The molecule has 1 unspecified atom stereocenters. The van der Waals surface area contributed by atoms with Crippen LogP contribution in [0.1, 0.15) is 41.1 Å². The first kappa shape index (κ1) is 19.5. The highest BCUT2D eigenvalue weighted by Gasteiger charge is 2.22. The van der Waals surface area contributed by atoms with Crippen molar-refractivity contribution in [1.29, 1.82) is 5.26 Å². The third-order valence-electron chi connectivity index (χ3n) is 4.35. The molecule has 0 amide bonds. The molecule has 2 aromatic carbocycles. The first-order valence-corrected chi connectivity index (χ1v) is 9.81. The monoisotopic (exact) mass is 391 g/mol. The summed E-state index contributed by atoms with van der Waals surface area (Å²) in [5, 5.41) is 13.3. The topological polar surface area (TPSA) is 88.1 Å². The summed E-state index contributed by atoms with van der Waals surface area (Å²) in [5.41, 5.74) is 7.16. The number of carbonyl (C=O) groups is 1. The number of para-hydroxylation sites is 1. The van der Waals surface area contributed by atoms with Crippen molar-refractivity contribution in [3.63, 3.8) is 0 Å². The van der Waals surface area contributed by atoms with Gasteiger partial charge in [-0.3, -0.25) is 4.79 Å². The van der Waals surface area contributed by atoms with E-state index in [9.17, 15) is 10.1 Å². The molecule has 0 radical (unpaired) electrons. The van der Waals surface area contributed by atoms with Crippen LogP contribution in [0.4, 0.5) is 10.7 Å². The number of carbonyl (C=O) groups excluding carboxylic acids is 1. The van der Waals surface area contributed by atoms with E-state index in [2.05, 4.69) is 11.4 Å². The number of nitrogen functional groups attached to an aromatic ring is 1. The van der Waals surface area contributed by atoms with Gasteiger partial charge in [0.05, 0.1) is 5.69 Å². The first-order chi connectivity index (χ1) is 13.5. The summed E-state index contributed by atoms with van der Waals surface area (Å²) in [6.07, 6.45) is 0.898. The average Bonchev–Trinajstić information content (AvgIpc) is 3.03. The SMILES string of the molecule is CCC(C)Nc1sc(C(=O)c2ccc(Oc3ccccc3)cc2)c(N)c1C#N. The number of anilines is 2. The number of nitrogens with one attached hydrogen (secondary N) is 1. The van der Waals surface area contributed by atoms with Crippen molar-refractivity contribution in [3.8, 4) is 17.6 Å². The van der Waals surface area contributed by atoms with Crippen LogP contribution in [0.3, 0.4) is 0 Å². The smallest absolute Gasteiger partial charge is 0.205 e. The summed E-state index contributed by atoms with van der Waals surface area (Å²) in [6, 6.07) is 18.6. The van der Waals surface area contributed by atoms with Crippen molar-refractivity contribution in [2.75, 3.05) is 11.1 Å². The molecule has 0 saturated carbocycles. The lowest BCUT2D eigenvalue weighted by molar-refractivity contribution is 0.104. The number of nitrogens with two attached hydrogens (primary N) is 1. The molecule has 0 fully saturated rings. The van der Waals surface area contributed by atoms with Crippen LogP contribution in [-0.4, -0.2) is 11.8 Å². The summed E-state index contributed by atoms with van der Waals surface area (Å²) in [4.78, 5) is 13.3. The molecule has 0 saturated heterocycles. The third kappa shape index (κ3) is 4.16. The highest BCUT2D eigenvalue weighted by Crippen LogP contribution is 2.37. The van der Waals surface area contributed by atoms with Gasteiger partial charge < -0.3 is 15.8 Å². The number of ketones is 1. The van der Waals surface area contributed by atoms with Gasteiger partial charge in [-0.15, -0.1) is 11.3 Å². The van der Waals surface area contributed by atoms with Crippen molar-refractivity contribution in [3.05, 3.63) is 70.6 Å². The molecule has 6 heteroatoms. The number of hydrogen-bond donors (Lipinski definition) is 2. The summed E-state index contributed by atoms with van der Waals surface area (Å²) < 4.78 is 5.75. The van der Waals surface area contributed by atoms with Crippen molar-refractivity contribution >= 4 is 27.8 Å². The normalized spacial score (nSPS) is 11.5. The zero-order valence-corrected chi connectivity index (χ0v) is 16.5. The lowest BCUT2D eigenvalue weighted by Crippen LogP contribution is -2.13. The molecule has 3 aromatic rings. The van der Waals surface area contributed by atoms with Gasteiger partial charge in [-0.05, 0) is 49.7 Å². The first-order valence-electron chi connectivity index (χ1n) is 9.00. The molecule has 28 heavy (non-hydrogen) atoms. The van der Waals surface area contributed by atoms with E-state index in [0.717, 1.165) is 12.2 Å². The van der Waals surface area contributed by atoms with Gasteiger partial charge in [0, 0.05) is 11.6 Å². The Bertz CT molecular complexity index is 1000. The van der Waals surface area contributed by atoms with Crippen LogP contribution >= 0.6 is 11.3 Å². The minimum absolute atomic E-state index is 0.183. The second kappa shape index (κ2) is 8.59. The molecule has 3 N–H and O–H groups in total. The van der Waals surface area contributed by atoms with Crippen molar-refractivity contribution < 1.29 is 9.53 Å². The molecule has 3 rings (SSSR count). The molecule has 1 atom stereocenters. The Balaban J connectivity index is 1.83. The number of ether oxygens (including phenoxy) is 1. The molecular formula is C22H21N3O2S.